The number of hydrogen-bond donors (Lipinski definition) is 1. The minimum Gasteiger partial charge on any atom is -0.338 e. The Morgan fingerprint density at radius 3 is 2.89 bits per heavy atom. The van der Waals surface area contributed by atoms with Gasteiger partial charge in [-0.05, 0) is 53.0 Å². The molecule has 18 heavy (non-hydrogen) atoms. The van der Waals surface area contributed by atoms with Crippen molar-refractivity contribution in [1.82, 2.24) is 4.90 Å². The molecule has 2 rings (SSSR count). The molecule has 0 aromatic heterocycles. The molecule has 1 amide bonds. The Labute approximate surface area is 126 Å². The van der Waals surface area contributed by atoms with Gasteiger partial charge in [-0.1, -0.05) is 11.6 Å². The smallest absolute Gasteiger partial charge is 0.255 e. The average Bonchev–Trinajstić information content (AvgIpc) is 2.80. The fraction of sp³-hybridized carbons (Fsp3) is 0.417. The zero-order chi connectivity index (χ0) is 12.4. The molecule has 1 aliphatic rings. The zero-order valence-electron chi connectivity index (χ0n) is 9.73. The fourth-order valence-electron chi connectivity index (χ4n) is 2.04. The van der Waals surface area contributed by atoms with E-state index in [0.717, 1.165) is 24.0 Å². The number of likely N-dealkylation sites (tertiary alicyclic amines) is 1. The zero-order valence-corrected chi connectivity index (χ0v) is 12.9. The summed E-state index contributed by atoms with van der Waals surface area (Å²) in [5.41, 5.74) is 6.24. The van der Waals surface area contributed by atoms with Crippen LogP contribution in [0.15, 0.2) is 22.7 Å². The van der Waals surface area contributed by atoms with Gasteiger partial charge in [-0.15, -0.1) is 12.4 Å². The maximum absolute atomic E-state index is 12.3. The van der Waals surface area contributed by atoms with Gasteiger partial charge in [0, 0.05) is 22.6 Å². The average molecular weight is 354 g/mol. The van der Waals surface area contributed by atoms with E-state index in [1.807, 2.05) is 4.90 Å². The Hall–Kier alpha value is -0.290. The van der Waals surface area contributed by atoms with Gasteiger partial charge < -0.3 is 10.6 Å². The molecule has 2 N–H and O–H groups in total. The Balaban J connectivity index is 0.00000162. The summed E-state index contributed by atoms with van der Waals surface area (Å²) in [6, 6.07) is 5.25. The maximum Gasteiger partial charge on any atom is 0.255 e. The first kappa shape index (κ1) is 15.8. The molecule has 0 aliphatic carbocycles. The number of benzene rings is 1. The molecule has 0 saturated carbocycles. The Morgan fingerprint density at radius 1 is 1.56 bits per heavy atom. The van der Waals surface area contributed by atoms with Crippen molar-refractivity contribution >= 4 is 45.8 Å². The van der Waals surface area contributed by atoms with Crippen LogP contribution in [0.2, 0.25) is 5.02 Å². The van der Waals surface area contributed by atoms with Crippen LogP contribution in [-0.2, 0) is 0 Å². The van der Waals surface area contributed by atoms with Gasteiger partial charge in [-0.25, -0.2) is 0 Å². The van der Waals surface area contributed by atoms with E-state index in [2.05, 4.69) is 15.9 Å². The highest BCUT2D eigenvalue weighted by Crippen LogP contribution is 2.25. The number of nitrogens with zero attached hydrogens (tertiary/aromatic N) is 1. The van der Waals surface area contributed by atoms with Crippen LogP contribution in [-0.4, -0.2) is 30.4 Å². The molecule has 1 aliphatic heterocycles. The number of amides is 1. The molecule has 0 spiro atoms. The van der Waals surface area contributed by atoms with Gasteiger partial charge in [0.2, 0.25) is 0 Å². The van der Waals surface area contributed by atoms with Crippen molar-refractivity contribution in [2.45, 2.75) is 6.42 Å². The van der Waals surface area contributed by atoms with E-state index in [0.29, 0.717) is 23.0 Å². The number of halogens is 3. The van der Waals surface area contributed by atoms with E-state index >= 15 is 0 Å². The van der Waals surface area contributed by atoms with Crippen LogP contribution < -0.4 is 5.73 Å². The standard InChI is InChI=1S/C12H14BrClN2O.ClH/c13-11-2-1-9(14)5-10(11)12(17)16-4-3-8(6-15)7-16;/h1-2,5,8H,3-4,6-7,15H2;1H. The van der Waals surface area contributed by atoms with Crippen molar-refractivity contribution in [1.29, 1.82) is 0 Å². The van der Waals surface area contributed by atoms with E-state index in [9.17, 15) is 4.79 Å². The summed E-state index contributed by atoms with van der Waals surface area (Å²) in [6.07, 6.45) is 0.987. The molecule has 0 bridgehead atoms. The largest absolute Gasteiger partial charge is 0.338 e. The number of carbonyl (C=O) groups excluding carboxylic acids is 1. The molecule has 1 aromatic carbocycles. The number of nitrogens with two attached hydrogens (primary N) is 1. The molecule has 1 aromatic rings. The van der Waals surface area contributed by atoms with Crippen molar-refractivity contribution < 1.29 is 4.79 Å². The monoisotopic (exact) mass is 352 g/mol. The van der Waals surface area contributed by atoms with Gasteiger partial charge in [-0.2, -0.15) is 0 Å². The predicted molar refractivity (Wildman–Crippen MR) is 79.5 cm³/mol. The Bertz CT molecular complexity index is 442. The molecule has 0 radical (unpaired) electrons. The van der Waals surface area contributed by atoms with Crippen LogP contribution >= 0.6 is 39.9 Å². The lowest BCUT2D eigenvalue weighted by atomic mass is 10.1. The summed E-state index contributed by atoms with van der Waals surface area (Å²) in [6.45, 7) is 2.16. The first-order valence-corrected chi connectivity index (χ1v) is 6.73. The molecule has 1 atom stereocenters. The minimum atomic E-state index is 0. The van der Waals surface area contributed by atoms with Crippen molar-refractivity contribution in [2.24, 2.45) is 11.7 Å². The molecule has 1 unspecified atom stereocenters. The second kappa shape index (κ2) is 6.75. The highest BCUT2D eigenvalue weighted by atomic mass is 79.9. The van der Waals surface area contributed by atoms with Crippen LogP contribution in [0.5, 0.6) is 0 Å². The predicted octanol–water partition coefficient (Wildman–Crippen LogP) is 2.95. The van der Waals surface area contributed by atoms with Crippen LogP contribution in [0.25, 0.3) is 0 Å². The van der Waals surface area contributed by atoms with E-state index < -0.39 is 0 Å². The van der Waals surface area contributed by atoms with E-state index in [1.54, 1.807) is 18.2 Å². The first-order valence-electron chi connectivity index (χ1n) is 5.56. The van der Waals surface area contributed by atoms with Crippen LogP contribution in [0.1, 0.15) is 16.8 Å². The van der Waals surface area contributed by atoms with Gasteiger partial charge in [0.25, 0.3) is 5.91 Å². The summed E-state index contributed by atoms with van der Waals surface area (Å²) in [5.74, 6) is 0.451. The van der Waals surface area contributed by atoms with Gasteiger partial charge in [0.15, 0.2) is 0 Å². The quantitative estimate of drug-likeness (QED) is 0.888. The second-order valence-corrected chi connectivity index (χ2v) is 5.56. The Morgan fingerprint density at radius 2 is 2.28 bits per heavy atom. The lowest BCUT2D eigenvalue weighted by Crippen LogP contribution is -2.30. The minimum absolute atomic E-state index is 0. The third-order valence-electron chi connectivity index (χ3n) is 3.07. The molecule has 1 heterocycles. The topological polar surface area (TPSA) is 46.3 Å². The van der Waals surface area contributed by atoms with E-state index in [4.69, 9.17) is 17.3 Å². The van der Waals surface area contributed by atoms with Crippen LogP contribution in [0.4, 0.5) is 0 Å². The van der Waals surface area contributed by atoms with E-state index in [1.165, 1.54) is 0 Å². The highest BCUT2D eigenvalue weighted by molar-refractivity contribution is 9.10. The van der Waals surface area contributed by atoms with Crippen LogP contribution in [0.3, 0.4) is 0 Å². The third-order valence-corrected chi connectivity index (χ3v) is 3.99. The number of carbonyl (C=O) groups is 1. The normalized spacial score (nSPS) is 18.6. The third kappa shape index (κ3) is 3.38. The molecular formula is C12H15BrCl2N2O. The molecule has 1 fully saturated rings. The van der Waals surface area contributed by atoms with Crippen molar-refractivity contribution in [2.75, 3.05) is 19.6 Å². The molecular weight excluding hydrogens is 339 g/mol. The fourth-order valence-corrected chi connectivity index (χ4v) is 2.63. The van der Waals surface area contributed by atoms with Gasteiger partial charge in [-0.3, -0.25) is 4.79 Å². The van der Waals surface area contributed by atoms with Crippen molar-refractivity contribution in [3.63, 3.8) is 0 Å². The molecule has 6 heteroatoms. The molecule has 3 nitrogen and oxygen atoms in total. The molecule has 100 valence electrons. The SMILES string of the molecule is Cl.NCC1CCN(C(=O)c2cc(Cl)ccc2Br)C1. The summed E-state index contributed by atoms with van der Waals surface area (Å²) < 4.78 is 0.781. The summed E-state index contributed by atoms with van der Waals surface area (Å²) >= 11 is 9.29. The summed E-state index contributed by atoms with van der Waals surface area (Å²) in [5, 5.41) is 0.575. The lowest BCUT2D eigenvalue weighted by Gasteiger charge is -2.17. The molecule has 1 saturated heterocycles. The van der Waals surface area contributed by atoms with Crippen molar-refractivity contribution in [3.05, 3.63) is 33.3 Å². The van der Waals surface area contributed by atoms with Crippen LogP contribution in [0, 0.1) is 5.92 Å². The number of rotatable bonds is 2. The van der Waals surface area contributed by atoms with Gasteiger partial charge in [0.1, 0.15) is 0 Å². The van der Waals surface area contributed by atoms with Crippen molar-refractivity contribution in [3.8, 4) is 0 Å². The first-order chi connectivity index (χ1) is 8.11. The van der Waals surface area contributed by atoms with Gasteiger partial charge >= 0.3 is 0 Å². The maximum atomic E-state index is 12.3. The Kier molecular flexibility index (Phi) is 5.92. The second-order valence-electron chi connectivity index (χ2n) is 4.27. The lowest BCUT2D eigenvalue weighted by molar-refractivity contribution is 0.0787. The van der Waals surface area contributed by atoms with E-state index in [-0.39, 0.29) is 18.3 Å². The number of hydrogen-bond acceptors (Lipinski definition) is 2. The van der Waals surface area contributed by atoms with Gasteiger partial charge in [0.05, 0.1) is 5.56 Å². The highest BCUT2D eigenvalue weighted by Gasteiger charge is 2.27. The summed E-state index contributed by atoms with van der Waals surface area (Å²) in [7, 11) is 0. The summed E-state index contributed by atoms with van der Waals surface area (Å²) in [4.78, 5) is 14.1.